The summed E-state index contributed by atoms with van der Waals surface area (Å²) in [6.07, 6.45) is 9.52. The summed E-state index contributed by atoms with van der Waals surface area (Å²) in [6, 6.07) is 18.6. The van der Waals surface area contributed by atoms with Crippen molar-refractivity contribution in [3.8, 4) is 0 Å². The van der Waals surface area contributed by atoms with Gasteiger partial charge in [-0.3, -0.25) is 4.79 Å². The van der Waals surface area contributed by atoms with Gasteiger partial charge in [-0.25, -0.2) is 4.79 Å². The van der Waals surface area contributed by atoms with Gasteiger partial charge in [0.05, 0.1) is 5.56 Å². The van der Waals surface area contributed by atoms with Crippen LogP contribution in [-0.4, -0.2) is 17.5 Å². The lowest BCUT2D eigenvalue weighted by molar-refractivity contribution is -0.109. The second kappa shape index (κ2) is 14.8. The van der Waals surface area contributed by atoms with Crippen LogP contribution >= 0.6 is 11.8 Å². The zero-order valence-electron chi connectivity index (χ0n) is 19.3. The number of nitrogens with zero attached hydrogens (tertiary/aromatic N) is 1. The van der Waals surface area contributed by atoms with Gasteiger partial charge in [-0.2, -0.15) is 0 Å². The molecule has 0 radical (unpaired) electrons. The third-order valence-electron chi connectivity index (χ3n) is 4.78. The van der Waals surface area contributed by atoms with E-state index in [4.69, 9.17) is 4.84 Å². The number of carbonyl (C=O) groups is 2. The maximum Gasteiger partial charge on any atom is 0.365 e. The van der Waals surface area contributed by atoms with Crippen LogP contribution in [0.1, 0.15) is 56.3 Å². The second-order valence-corrected chi connectivity index (χ2v) is 8.76. The third-order valence-corrected chi connectivity index (χ3v) is 5.75. The van der Waals surface area contributed by atoms with Crippen LogP contribution in [0.5, 0.6) is 0 Å². The van der Waals surface area contributed by atoms with E-state index in [1.165, 1.54) is 6.08 Å². The summed E-state index contributed by atoms with van der Waals surface area (Å²) < 4.78 is 0. The van der Waals surface area contributed by atoms with Gasteiger partial charge in [0.15, 0.2) is 0 Å². The molecule has 0 aliphatic carbocycles. The standard InChI is InChI=1S/C28H31NO3S/c1-4-6-7-14-19-26(29-32-28(31)24-15-10-8-11-16-24)27(30)23(5-2)21-20-22(3)33-25-17-12-9-13-18-25/h5,8-13,15-18,20-21H,2,4,6-7,14,19H2,1,3H3/b22-20+,23-21+,29-26-. The second-order valence-electron chi connectivity index (χ2n) is 7.44. The molecule has 5 heteroatoms. The van der Waals surface area contributed by atoms with Crippen molar-refractivity contribution in [1.82, 2.24) is 0 Å². The molecule has 0 amide bonds. The topological polar surface area (TPSA) is 55.7 Å². The molecule has 0 aliphatic heterocycles. The van der Waals surface area contributed by atoms with E-state index in [0.29, 0.717) is 17.6 Å². The largest absolute Gasteiger partial charge is 0.365 e. The molecular formula is C28H31NO3S. The molecule has 172 valence electrons. The van der Waals surface area contributed by atoms with Gasteiger partial charge in [0.2, 0.25) is 5.78 Å². The lowest BCUT2D eigenvalue weighted by atomic mass is 10.0. The Labute approximate surface area is 201 Å². The summed E-state index contributed by atoms with van der Waals surface area (Å²) in [7, 11) is 0. The van der Waals surface area contributed by atoms with Crippen LogP contribution in [0, 0.1) is 0 Å². The number of hydrogen-bond donors (Lipinski definition) is 0. The van der Waals surface area contributed by atoms with Crippen molar-refractivity contribution in [1.29, 1.82) is 0 Å². The molecule has 0 fully saturated rings. The highest BCUT2D eigenvalue weighted by Gasteiger charge is 2.17. The monoisotopic (exact) mass is 461 g/mol. The highest BCUT2D eigenvalue weighted by Crippen LogP contribution is 2.25. The summed E-state index contributed by atoms with van der Waals surface area (Å²) in [6.45, 7) is 7.91. The summed E-state index contributed by atoms with van der Waals surface area (Å²) >= 11 is 1.62. The van der Waals surface area contributed by atoms with Gasteiger partial charge in [-0.1, -0.05) is 104 Å². The van der Waals surface area contributed by atoms with Gasteiger partial charge in [-0.05, 0) is 48.9 Å². The summed E-state index contributed by atoms with van der Waals surface area (Å²) in [5.74, 6) is -0.871. The number of rotatable bonds is 13. The number of unbranched alkanes of at least 4 members (excludes halogenated alkanes) is 3. The number of Topliss-reactive ketones (excluding diaryl/α,β-unsaturated/α-hetero) is 1. The molecule has 33 heavy (non-hydrogen) atoms. The van der Waals surface area contributed by atoms with E-state index >= 15 is 0 Å². The molecule has 0 heterocycles. The van der Waals surface area contributed by atoms with Gasteiger partial charge >= 0.3 is 5.97 Å². The minimum absolute atomic E-state index is 0.225. The number of oxime groups is 1. The highest BCUT2D eigenvalue weighted by atomic mass is 32.2. The fourth-order valence-electron chi connectivity index (χ4n) is 2.96. The first-order valence-corrected chi connectivity index (χ1v) is 12.0. The summed E-state index contributed by atoms with van der Waals surface area (Å²) in [5.41, 5.74) is 1.02. The molecular weight excluding hydrogens is 430 g/mol. The number of benzene rings is 2. The Kier molecular flexibility index (Phi) is 11.7. The smallest absolute Gasteiger partial charge is 0.312 e. The first-order chi connectivity index (χ1) is 16.0. The van der Waals surface area contributed by atoms with Crippen LogP contribution in [0.15, 0.2) is 106 Å². The fourth-order valence-corrected chi connectivity index (χ4v) is 3.76. The van der Waals surface area contributed by atoms with Crippen molar-refractivity contribution in [2.24, 2.45) is 5.16 Å². The predicted molar refractivity (Wildman–Crippen MR) is 137 cm³/mol. The molecule has 2 aromatic carbocycles. The zero-order chi connectivity index (χ0) is 23.9. The molecule has 0 N–H and O–H groups in total. The molecule has 2 rings (SSSR count). The van der Waals surface area contributed by atoms with Gasteiger partial charge in [0.25, 0.3) is 0 Å². The van der Waals surface area contributed by atoms with Gasteiger partial charge in [0, 0.05) is 10.5 Å². The number of hydrogen-bond acceptors (Lipinski definition) is 5. The van der Waals surface area contributed by atoms with Crippen LogP contribution in [0.3, 0.4) is 0 Å². The Morgan fingerprint density at radius 2 is 1.64 bits per heavy atom. The lowest BCUT2D eigenvalue weighted by Gasteiger charge is -2.07. The molecule has 0 saturated heterocycles. The number of thioether (sulfide) groups is 1. The van der Waals surface area contributed by atoms with Crippen LogP contribution in [0.4, 0.5) is 0 Å². The van der Waals surface area contributed by atoms with Crippen LogP contribution < -0.4 is 0 Å². The van der Waals surface area contributed by atoms with Gasteiger partial charge in [-0.15, -0.1) is 0 Å². The Morgan fingerprint density at radius 1 is 0.970 bits per heavy atom. The average molecular weight is 462 g/mol. The maximum atomic E-state index is 13.2. The van der Waals surface area contributed by atoms with Gasteiger partial charge < -0.3 is 4.84 Å². The van der Waals surface area contributed by atoms with Crippen molar-refractivity contribution in [3.63, 3.8) is 0 Å². The van der Waals surface area contributed by atoms with E-state index in [1.54, 1.807) is 42.1 Å². The average Bonchev–Trinajstić information content (AvgIpc) is 2.84. The van der Waals surface area contributed by atoms with Crippen molar-refractivity contribution in [2.45, 2.75) is 50.8 Å². The van der Waals surface area contributed by atoms with E-state index < -0.39 is 5.97 Å². The van der Waals surface area contributed by atoms with Crippen LogP contribution in [-0.2, 0) is 9.63 Å². The van der Waals surface area contributed by atoms with Gasteiger partial charge in [0.1, 0.15) is 5.71 Å². The Balaban J connectivity index is 2.16. The lowest BCUT2D eigenvalue weighted by Crippen LogP contribution is -2.17. The fraction of sp³-hybridized carbons (Fsp3) is 0.250. The molecule has 2 aromatic rings. The van der Waals surface area contributed by atoms with E-state index in [1.807, 2.05) is 49.4 Å². The molecule has 0 unspecified atom stereocenters. The molecule has 4 nitrogen and oxygen atoms in total. The first kappa shape index (κ1) is 26.1. The quantitative estimate of drug-likeness (QED) is 0.0588. The normalized spacial score (nSPS) is 12.4. The minimum Gasteiger partial charge on any atom is -0.312 e. The minimum atomic E-state index is -0.589. The van der Waals surface area contributed by atoms with Crippen molar-refractivity contribution in [3.05, 3.63) is 102 Å². The van der Waals surface area contributed by atoms with Crippen molar-refractivity contribution >= 4 is 29.2 Å². The number of ketones is 1. The zero-order valence-corrected chi connectivity index (χ0v) is 20.1. The van der Waals surface area contributed by atoms with Crippen LogP contribution in [0.25, 0.3) is 0 Å². The molecule has 0 saturated carbocycles. The number of carbonyl (C=O) groups excluding carboxylic acids is 2. The molecule has 0 aliphatic rings. The molecule has 0 bridgehead atoms. The highest BCUT2D eigenvalue weighted by molar-refractivity contribution is 8.03. The number of allylic oxidation sites excluding steroid dienone is 5. The van der Waals surface area contributed by atoms with E-state index in [9.17, 15) is 9.59 Å². The third kappa shape index (κ3) is 9.46. The van der Waals surface area contributed by atoms with E-state index in [0.717, 1.165) is 35.5 Å². The summed E-state index contributed by atoms with van der Waals surface area (Å²) in [4.78, 5) is 32.7. The maximum absolute atomic E-state index is 13.2. The van der Waals surface area contributed by atoms with Crippen LogP contribution in [0.2, 0.25) is 0 Å². The Morgan fingerprint density at radius 3 is 2.27 bits per heavy atom. The molecule has 0 spiro atoms. The van der Waals surface area contributed by atoms with Crippen molar-refractivity contribution < 1.29 is 14.4 Å². The SMILES string of the molecule is C=C/C(=C\C=C(/C)Sc1ccccc1)C(=O)/C(CCCCCC)=N\OC(=O)c1ccccc1. The molecule has 0 aromatic heterocycles. The van der Waals surface area contributed by atoms with E-state index in [-0.39, 0.29) is 11.5 Å². The Bertz CT molecular complexity index is 1010. The van der Waals surface area contributed by atoms with Crippen molar-refractivity contribution in [2.75, 3.05) is 0 Å². The molecule has 0 atom stereocenters. The summed E-state index contributed by atoms with van der Waals surface area (Å²) in [5, 5.41) is 3.96. The predicted octanol–water partition coefficient (Wildman–Crippen LogP) is 7.55. The first-order valence-electron chi connectivity index (χ1n) is 11.2. The van der Waals surface area contributed by atoms with E-state index in [2.05, 4.69) is 18.7 Å². The Hall–Kier alpha value is -3.18.